The molecule has 2 aromatic heterocycles. The zero-order valence-corrected chi connectivity index (χ0v) is 21.6. The van der Waals surface area contributed by atoms with Crippen LogP contribution in [0.2, 0.25) is 0 Å². The zero-order chi connectivity index (χ0) is 25.2. The average molecular weight is 519 g/mol. The summed E-state index contributed by atoms with van der Waals surface area (Å²) in [7, 11) is 0. The van der Waals surface area contributed by atoms with Gasteiger partial charge in [-0.25, -0.2) is 24.2 Å². The van der Waals surface area contributed by atoms with Gasteiger partial charge in [0, 0.05) is 42.7 Å². The smallest absolute Gasteiger partial charge is 0.227 e. The molecule has 0 bridgehead atoms. The lowest BCUT2D eigenvalue weighted by Gasteiger charge is -2.44. The van der Waals surface area contributed by atoms with Gasteiger partial charge in [-0.15, -0.1) is 0 Å². The Kier molecular flexibility index (Phi) is 6.72. The van der Waals surface area contributed by atoms with Crippen LogP contribution in [-0.2, 0) is 14.6 Å². The number of carbonyl (C=O) groups excluding carboxylic acids is 1. The molecule has 6 rings (SSSR count). The van der Waals surface area contributed by atoms with Crippen molar-refractivity contribution < 1.29 is 14.6 Å². The van der Waals surface area contributed by atoms with Gasteiger partial charge < -0.3 is 10.2 Å². The molecule has 10 heteroatoms. The summed E-state index contributed by atoms with van der Waals surface area (Å²) in [6.07, 6.45) is 8.02. The number of hydrazine groups is 1. The van der Waals surface area contributed by atoms with E-state index >= 15 is 0 Å². The molecule has 1 N–H and O–H groups in total. The van der Waals surface area contributed by atoms with Gasteiger partial charge in [0.2, 0.25) is 5.91 Å². The molecular weight excluding hydrogens is 488 g/mol. The van der Waals surface area contributed by atoms with Crippen molar-refractivity contribution in [2.45, 2.75) is 31.7 Å². The van der Waals surface area contributed by atoms with Crippen molar-refractivity contribution >= 4 is 40.7 Å². The van der Waals surface area contributed by atoms with Crippen LogP contribution in [0, 0.1) is 0 Å². The molecule has 0 spiro atoms. The van der Waals surface area contributed by atoms with Gasteiger partial charge in [0.25, 0.3) is 0 Å². The summed E-state index contributed by atoms with van der Waals surface area (Å²) in [6.45, 7) is 5.09. The summed E-state index contributed by atoms with van der Waals surface area (Å²) < 4.78 is 2.22. The summed E-state index contributed by atoms with van der Waals surface area (Å²) in [5.41, 5.74) is 4.80. The minimum Gasteiger partial charge on any atom is -0.339 e. The zero-order valence-electron chi connectivity index (χ0n) is 20.8. The molecule has 0 saturated carbocycles. The van der Waals surface area contributed by atoms with Gasteiger partial charge >= 0.3 is 0 Å². The summed E-state index contributed by atoms with van der Waals surface area (Å²) in [6, 6.07) is 14.2. The Labute approximate surface area is 220 Å². The number of rotatable bonds is 6. The molecule has 1 unspecified atom stereocenters. The van der Waals surface area contributed by atoms with Crippen LogP contribution < -0.4 is 14.6 Å². The van der Waals surface area contributed by atoms with E-state index in [0.717, 1.165) is 65.7 Å². The van der Waals surface area contributed by atoms with Crippen molar-refractivity contribution in [3.05, 3.63) is 61.1 Å². The molecule has 1 aromatic carbocycles. The molecule has 3 saturated heterocycles. The number of pyridine rings is 2. The highest BCUT2D eigenvalue weighted by molar-refractivity contribution is 8.00. The first kappa shape index (κ1) is 24.2. The first-order valence-corrected chi connectivity index (χ1v) is 13.6. The van der Waals surface area contributed by atoms with Crippen LogP contribution in [0.1, 0.15) is 26.2 Å². The largest absolute Gasteiger partial charge is 0.339 e. The fourth-order valence-electron chi connectivity index (χ4n) is 4.98. The van der Waals surface area contributed by atoms with Crippen molar-refractivity contribution in [2.24, 2.45) is 0 Å². The molecule has 3 aliphatic rings. The van der Waals surface area contributed by atoms with Gasteiger partial charge in [0.15, 0.2) is 0 Å². The highest BCUT2D eigenvalue weighted by Crippen LogP contribution is 2.38. The van der Waals surface area contributed by atoms with E-state index in [9.17, 15) is 4.79 Å². The monoisotopic (exact) mass is 518 g/mol. The van der Waals surface area contributed by atoms with Crippen molar-refractivity contribution in [3.8, 4) is 11.1 Å². The minimum absolute atomic E-state index is 0.120. The Morgan fingerprint density at radius 1 is 1.00 bits per heavy atom. The van der Waals surface area contributed by atoms with Gasteiger partial charge in [-0.2, -0.15) is 0 Å². The minimum atomic E-state index is -0.120. The maximum absolute atomic E-state index is 12.0. The van der Waals surface area contributed by atoms with Crippen LogP contribution in [0.25, 0.3) is 11.1 Å². The fraction of sp³-hybridized carbons (Fsp3) is 0.370. The topological polar surface area (TPSA) is 83.1 Å². The summed E-state index contributed by atoms with van der Waals surface area (Å²) in [5, 5.41) is 5.74. The third kappa shape index (κ3) is 5.02. The second kappa shape index (κ2) is 10.3. The normalized spacial score (nSPS) is 22.6. The Morgan fingerprint density at radius 3 is 2.59 bits per heavy atom. The SMILES string of the molecule is CC1(N2CCSN2c2cncc(Nc3ccc(-c4ccc(N5CCCC5=O)cc4)cn3)c2)CCOOC1. The number of amides is 1. The number of anilines is 4. The molecule has 3 aliphatic heterocycles. The van der Waals surface area contributed by atoms with Crippen molar-refractivity contribution in [2.75, 3.05) is 46.7 Å². The Morgan fingerprint density at radius 2 is 1.86 bits per heavy atom. The molecule has 5 heterocycles. The van der Waals surface area contributed by atoms with Crippen LogP contribution in [0.5, 0.6) is 0 Å². The van der Waals surface area contributed by atoms with Crippen LogP contribution in [0.4, 0.5) is 22.9 Å². The van der Waals surface area contributed by atoms with Gasteiger partial charge in [0.05, 0.1) is 35.9 Å². The number of aromatic nitrogens is 2. The van der Waals surface area contributed by atoms with Crippen LogP contribution in [0.15, 0.2) is 61.1 Å². The van der Waals surface area contributed by atoms with Gasteiger partial charge in [-0.3, -0.25) is 9.78 Å². The van der Waals surface area contributed by atoms with E-state index < -0.39 is 0 Å². The standard InChI is InChI=1S/C27H30N6O3S/c1-27(10-13-35-36-19-27)32-12-14-37-33(32)24-15-22(17-28-18-24)30-25-9-6-21(16-29-25)20-4-7-23(8-5-20)31-11-2-3-26(31)34/h4-9,15-18H,2-3,10-14,19H2,1H3,(H,29,30). The molecule has 3 fully saturated rings. The molecule has 192 valence electrons. The van der Waals surface area contributed by atoms with E-state index in [-0.39, 0.29) is 11.4 Å². The number of hydrogen-bond acceptors (Lipinski definition) is 9. The number of nitrogens with zero attached hydrogens (tertiary/aromatic N) is 5. The molecule has 9 nitrogen and oxygen atoms in total. The van der Waals surface area contributed by atoms with Gasteiger partial charge in [0.1, 0.15) is 12.4 Å². The number of carbonyl (C=O) groups is 1. The van der Waals surface area contributed by atoms with E-state index in [1.54, 1.807) is 11.9 Å². The average Bonchev–Trinajstić information content (AvgIpc) is 3.60. The lowest BCUT2D eigenvalue weighted by atomic mass is 9.98. The molecule has 37 heavy (non-hydrogen) atoms. The number of hydrogen-bond donors (Lipinski definition) is 1. The van der Waals surface area contributed by atoms with Crippen LogP contribution in [-0.4, -0.2) is 58.5 Å². The van der Waals surface area contributed by atoms with E-state index in [1.165, 1.54) is 0 Å². The molecule has 1 atom stereocenters. The van der Waals surface area contributed by atoms with E-state index in [2.05, 4.69) is 37.7 Å². The Bertz CT molecular complexity index is 1250. The van der Waals surface area contributed by atoms with Crippen molar-refractivity contribution in [3.63, 3.8) is 0 Å². The second-order valence-corrected chi connectivity index (χ2v) is 10.8. The Balaban J connectivity index is 1.14. The maximum atomic E-state index is 12.0. The fourth-order valence-corrected chi connectivity index (χ4v) is 6.08. The van der Waals surface area contributed by atoms with Crippen LogP contribution in [0.3, 0.4) is 0 Å². The quantitative estimate of drug-likeness (QED) is 0.365. The van der Waals surface area contributed by atoms with Gasteiger partial charge in [-0.1, -0.05) is 12.1 Å². The summed E-state index contributed by atoms with van der Waals surface area (Å²) in [4.78, 5) is 33.4. The highest BCUT2D eigenvalue weighted by Gasteiger charge is 2.41. The maximum Gasteiger partial charge on any atom is 0.227 e. The first-order chi connectivity index (χ1) is 18.1. The third-order valence-electron chi connectivity index (χ3n) is 7.10. The number of nitrogens with one attached hydrogen (secondary N) is 1. The number of benzene rings is 1. The molecule has 3 aromatic rings. The van der Waals surface area contributed by atoms with E-state index in [0.29, 0.717) is 19.6 Å². The first-order valence-electron chi connectivity index (χ1n) is 12.6. The predicted octanol–water partition coefficient (Wildman–Crippen LogP) is 4.81. The Hall–Kier alpha value is -3.18. The van der Waals surface area contributed by atoms with Crippen LogP contribution >= 0.6 is 11.9 Å². The van der Waals surface area contributed by atoms with Crippen molar-refractivity contribution in [1.29, 1.82) is 0 Å². The van der Waals surface area contributed by atoms with E-state index in [4.69, 9.17) is 9.78 Å². The van der Waals surface area contributed by atoms with Crippen molar-refractivity contribution in [1.82, 2.24) is 15.0 Å². The lowest BCUT2D eigenvalue weighted by molar-refractivity contribution is -0.337. The highest BCUT2D eigenvalue weighted by atomic mass is 32.2. The molecule has 0 radical (unpaired) electrons. The second-order valence-electron chi connectivity index (χ2n) is 9.75. The molecule has 1 amide bonds. The molecular formula is C27H30N6O3S. The summed E-state index contributed by atoms with van der Waals surface area (Å²) in [5.74, 6) is 1.95. The molecule has 0 aliphatic carbocycles. The van der Waals surface area contributed by atoms with E-state index in [1.807, 2.05) is 59.9 Å². The predicted molar refractivity (Wildman–Crippen MR) is 145 cm³/mol. The van der Waals surface area contributed by atoms with Gasteiger partial charge in [-0.05, 0) is 67.6 Å². The third-order valence-corrected chi connectivity index (χ3v) is 8.12. The lowest BCUT2D eigenvalue weighted by Crippen LogP contribution is -2.56. The summed E-state index contributed by atoms with van der Waals surface area (Å²) >= 11 is 1.78.